The van der Waals surface area contributed by atoms with Gasteiger partial charge in [-0.15, -0.1) is 11.3 Å². The number of amides is 1. The fourth-order valence-electron chi connectivity index (χ4n) is 2.53. The minimum atomic E-state index is -0.333. The molecule has 2 aromatic rings. The highest BCUT2D eigenvalue weighted by atomic mass is 35.5. The van der Waals surface area contributed by atoms with Crippen molar-refractivity contribution in [2.75, 3.05) is 13.6 Å². The summed E-state index contributed by atoms with van der Waals surface area (Å²) in [4.78, 5) is 13.1. The lowest BCUT2D eigenvalue weighted by Crippen LogP contribution is -2.41. The molecule has 1 unspecified atom stereocenters. The molecule has 7 N–H and O–H groups in total. The van der Waals surface area contributed by atoms with Crippen LogP contribution in [-0.2, 0) is 6.42 Å². The summed E-state index contributed by atoms with van der Waals surface area (Å²) in [5.41, 5.74) is 13.1. The lowest BCUT2D eigenvalue weighted by molar-refractivity contribution is 0.0942. The largest absolute Gasteiger partial charge is 0.388 e. The standard InChI is InChI=1S/C17H19Cl4N5OS/c1-26(24)14(15(20)23)11-6-13(28-16(11)21)17(27)25-10(7-22)4-8-2-3-9(18)5-12(8)19/h2-3,5-6,10H,4,7,22-24H2,1H3,(H,25,27)/b15-14-. The zero-order chi connectivity index (χ0) is 21.0. The summed E-state index contributed by atoms with van der Waals surface area (Å²) >= 11 is 25.4. The molecule has 1 heterocycles. The van der Waals surface area contributed by atoms with Gasteiger partial charge in [0.05, 0.1) is 10.6 Å². The average molecular weight is 483 g/mol. The fourth-order valence-corrected chi connectivity index (χ4v) is 4.43. The van der Waals surface area contributed by atoms with Crippen molar-refractivity contribution >= 4 is 69.3 Å². The van der Waals surface area contributed by atoms with Crippen molar-refractivity contribution in [3.05, 3.63) is 59.8 Å². The summed E-state index contributed by atoms with van der Waals surface area (Å²) in [7, 11) is 1.57. The number of hydrazine groups is 1. The van der Waals surface area contributed by atoms with Gasteiger partial charge in [-0.2, -0.15) is 0 Å². The van der Waals surface area contributed by atoms with E-state index in [9.17, 15) is 4.79 Å². The quantitative estimate of drug-likeness (QED) is 0.273. The van der Waals surface area contributed by atoms with Gasteiger partial charge in [-0.3, -0.25) is 4.79 Å². The molecule has 1 aromatic carbocycles. The molecule has 28 heavy (non-hydrogen) atoms. The van der Waals surface area contributed by atoms with Crippen LogP contribution < -0.4 is 22.6 Å². The van der Waals surface area contributed by atoms with Gasteiger partial charge >= 0.3 is 0 Å². The number of nitrogens with zero attached hydrogens (tertiary/aromatic N) is 1. The van der Waals surface area contributed by atoms with E-state index in [2.05, 4.69) is 5.32 Å². The smallest absolute Gasteiger partial charge is 0.261 e. The van der Waals surface area contributed by atoms with Crippen LogP contribution in [0.5, 0.6) is 0 Å². The highest BCUT2D eigenvalue weighted by Crippen LogP contribution is 2.34. The Morgan fingerprint density at radius 1 is 1.29 bits per heavy atom. The number of hydrogen-bond acceptors (Lipinski definition) is 6. The van der Waals surface area contributed by atoms with E-state index >= 15 is 0 Å². The summed E-state index contributed by atoms with van der Waals surface area (Å²) in [6.07, 6.45) is 0.454. The van der Waals surface area contributed by atoms with Gasteiger partial charge in [-0.1, -0.05) is 52.5 Å². The molecule has 0 fully saturated rings. The Labute approximate surface area is 187 Å². The van der Waals surface area contributed by atoms with Crippen LogP contribution in [-0.4, -0.2) is 30.6 Å². The lowest BCUT2D eigenvalue weighted by atomic mass is 10.1. The van der Waals surface area contributed by atoms with Crippen LogP contribution >= 0.6 is 57.7 Å². The van der Waals surface area contributed by atoms with Gasteiger partial charge in [0.2, 0.25) is 0 Å². The maximum absolute atomic E-state index is 12.7. The van der Waals surface area contributed by atoms with Gasteiger partial charge < -0.3 is 21.8 Å². The molecule has 0 aliphatic heterocycles. The van der Waals surface area contributed by atoms with Crippen molar-refractivity contribution in [3.8, 4) is 0 Å². The number of halogens is 4. The minimum Gasteiger partial charge on any atom is -0.388 e. The second-order valence-corrected chi connectivity index (χ2v) is 8.86. The summed E-state index contributed by atoms with van der Waals surface area (Å²) in [5, 5.41) is 5.14. The lowest BCUT2D eigenvalue weighted by Gasteiger charge is -2.17. The minimum absolute atomic E-state index is 0.0335. The maximum atomic E-state index is 12.7. The number of hydrogen-bond donors (Lipinski definition) is 4. The Morgan fingerprint density at radius 2 is 1.96 bits per heavy atom. The number of carbonyl (C=O) groups is 1. The number of nitrogens with two attached hydrogens (primary N) is 3. The molecule has 0 bridgehead atoms. The molecular weight excluding hydrogens is 464 g/mol. The molecule has 6 nitrogen and oxygen atoms in total. The molecule has 152 valence electrons. The maximum Gasteiger partial charge on any atom is 0.261 e. The Hall–Kier alpha value is -1.19. The van der Waals surface area contributed by atoms with Crippen LogP contribution in [0.3, 0.4) is 0 Å². The zero-order valence-corrected chi connectivity index (χ0v) is 18.6. The van der Waals surface area contributed by atoms with Gasteiger partial charge in [-0.25, -0.2) is 5.84 Å². The highest BCUT2D eigenvalue weighted by Gasteiger charge is 2.21. The van der Waals surface area contributed by atoms with Crippen molar-refractivity contribution in [2.24, 2.45) is 17.3 Å². The number of carbonyl (C=O) groups excluding carboxylic acids is 1. The first kappa shape index (κ1) is 23.1. The first-order chi connectivity index (χ1) is 13.1. The van der Waals surface area contributed by atoms with E-state index in [4.69, 9.17) is 63.7 Å². The SMILES string of the molecule is CN(N)/C(=C(\N)Cl)c1cc(C(=O)NC(CN)Cc2ccc(Cl)cc2Cl)sc1Cl. The third-order valence-electron chi connectivity index (χ3n) is 3.85. The molecule has 0 aliphatic carbocycles. The Bertz CT molecular complexity index is 896. The second-order valence-electron chi connectivity index (χ2n) is 5.95. The molecule has 1 amide bonds. The molecule has 1 atom stereocenters. The first-order valence-corrected chi connectivity index (χ1v) is 10.3. The molecule has 0 radical (unpaired) electrons. The van der Waals surface area contributed by atoms with E-state index in [-0.39, 0.29) is 23.6 Å². The van der Waals surface area contributed by atoms with Gasteiger partial charge in [-0.05, 0) is 30.2 Å². The summed E-state index contributed by atoms with van der Waals surface area (Å²) in [5.74, 6) is 5.43. The van der Waals surface area contributed by atoms with E-state index in [1.165, 1.54) is 5.01 Å². The van der Waals surface area contributed by atoms with E-state index in [0.29, 0.717) is 36.9 Å². The Balaban J connectivity index is 2.19. The predicted molar refractivity (Wildman–Crippen MR) is 119 cm³/mol. The summed E-state index contributed by atoms with van der Waals surface area (Å²) < 4.78 is 0.339. The molecular formula is C17H19Cl4N5OS. The highest BCUT2D eigenvalue weighted by molar-refractivity contribution is 7.18. The van der Waals surface area contributed by atoms with Gasteiger partial charge in [0.1, 0.15) is 9.49 Å². The Morgan fingerprint density at radius 3 is 2.50 bits per heavy atom. The zero-order valence-electron chi connectivity index (χ0n) is 14.8. The molecule has 2 rings (SSSR count). The number of thiophene rings is 1. The normalized spacial score (nSPS) is 13.1. The Kier molecular flexibility index (Phi) is 8.27. The van der Waals surface area contributed by atoms with Crippen molar-refractivity contribution in [3.63, 3.8) is 0 Å². The van der Waals surface area contributed by atoms with Crippen LogP contribution in [0.4, 0.5) is 0 Å². The van der Waals surface area contributed by atoms with Crippen LogP contribution in [0, 0.1) is 0 Å². The predicted octanol–water partition coefficient (Wildman–Crippen LogP) is 3.64. The van der Waals surface area contributed by atoms with E-state index in [1.807, 2.05) is 0 Å². The van der Waals surface area contributed by atoms with Crippen LogP contribution in [0.15, 0.2) is 29.4 Å². The van der Waals surface area contributed by atoms with Crippen molar-refractivity contribution in [1.29, 1.82) is 0 Å². The molecule has 11 heteroatoms. The number of benzene rings is 1. The number of rotatable bonds is 7. The molecule has 0 saturated carbocycles. The van der Waals surface area contributed by atoms with E-state index in [1.54, 1.807) is 31.3 Å². The second kappa shape index (κ2) is 10.0. The third kappa shape index (κ3) is 5.67. The topological polar surface area (TPSA) is 110 Å². The molecule has 1 aromatic heterocycles. The monoisotopic (exact) mass is 481 g/mol. The number of nitrogens with one attached hydrogen (secondary N) is 1. The average Bonchev–Trinajstić information content (AvgIpc) is 2.97. The summed E-state index contributed by atoms with van der Waals surface area (Å²) in [6.45, 7) is 0.224. The van der Waals surface area contributed by atoms with Gasteiger partial charge in [0, 0.05) is 35.2 Å². The van der Waals surface area contributed by atoms with Crippen LogP contribution in [0.2, 0.25) is 14.4 Å². The third-order valence-corrected chi connectivity index (χ3v) is 5.97. The fraction of sp³-hybridized carbons (Fsp3) is 0.235. The first-order valence-electron chi connectivity index (χ1n) is 8.02. The molecule has 0 aliphatic rings. The van der Waals surface area contributed by atoms with E-state index in [0.717, 1.165) is 16.9 Å². The molecule has 0 spiro atoms. The van der Waals surface area contributed by atoms with Gasteiger partial charge in [0.25, 0.3) is 5.91 Å². The van der Waals surface area contributed by atoms with E-state index < -0.39 is 0 Å². The summed E-state index contributed by atoms with van der Waals surface area (Å²) in [6, 6.07) is 6.43. The van der Waals surface area contributed by atoms with Crippen molar-refractivity contribution in [2.45, 2.75) is 12.5 Å². The van der Waals surface area contributed by atoms with Crippen LogP contribution in [0.25, 0.3) is 5.70 Å². The van der Waals surface area contributed by atoms with Crippen LogP contribution in [0.1, 0.15) is 20.8 Å². The molecule has 0 saturated heterocycles. The van der Waals surface area contributed by atoms with Gasteiger partial charge in [0.15, 0.2) is 0 Å². The van der Waals surface area contributed by atoms with Crippen molar-refractivity contribution < 1.29 is 4.79 Å². The van der Waals surface area contributed by atoms with Crippen molar-refractivity contribution in [1.82, 2.24) is 10.3 Å².